The minimum atomic E-state index is -0.563. The Morgan fingerprint density at radius 1 is 1.16 bits per heavy atom. The molecule has 2 aromatic heterocycles. The van der Waals surface area contributed by atoms with Crippen molar-refractivity contribution in [3.05, 3.63) is 76.5 Å². The highest BCUT2D eigenvalue weighted by atomic mass is 35.5. The molecular formula is C31H33ClN8O5. The number of tetrazole rings is 1. The number of nitrogens with one attached hydrogen (secondary N) is 3. The van der Waals surface area contributed by atoms with E-state index in [9.17, 15) is 14.4 Å². The molecule has 4 aromatic rings. The van der Waals surface area contributed by atoms with Gasteiger partial charge in [-0.25, -0.2) is 9.78 Å². The second-order valence-corrected chi connectivity index (χ2v) is 10.8. The van der Waals surface area contributed by atoms with Crippen LogP contribution in [0.3, 0.4) is 0 Å². The van der Waals surface area contributed by atoms with Gasteiger partial charge in [0.2, 0.25) is 5.91 Å². The molecule has 0 saturated carbocycles. The van der Waals surface area contributed by atoms with Crippen LogP contribution in [0.2, 0.25) is 5.02 Å². The highest BCUT2D eigenvalue weighted by Gasteiger charge is 2.26. The molecule has 0 radical (unpaired) electrons. The third kappa shape index (κ3) is 7.73. The number of imidazole rings is 1. The molecule has 3 N–H and O–H groups in total. The molecule has 2 bridgehead atoms. The molecule has 5 rings (SSSR count). The van der Waals surface area contributed by atoms with Crippen molar-refractivity contribution in [1.29, 1.82) is 0 Å². The van der Waals surface area contributed by atoms with Gasteiger partial charge in [0.25, 0.3) is 0 Å². The Morgan fingerprint density at radius 3 is 2.80 bits per heavy atom. The second-order valence-electron chi connectivity index (χ2n) is 10.3. The molecule has 0 aliphatic carbocycles. The van der Waals surface area contributed by atoms with Crippen LogP contribution in [-0.4, -0.2) is 68.3 Å². The van der Waals surface area contributed by atoms with Crippen molar-refractivity contribution in [3.63, 3.8) is 0 Å². The number of esters is 2. The third-order valence-corrected chi connectivity index (χ3v) is 7.48. The van der Waals surface area contributed by atoms with E-state index in [2.05, 4.69) is 31.1 Å². The summed E-state index contributed by atoms with van der Waals surface area (Å²) >= 11 is 6.23. The molecule has 1 aliphatic rings. The van der Waals surface area contributed by atoms with Gasteiger partial charge in [-0.1, -0.05) is 36.6 Å². The summed E-state index contributed by atoms with van der Waals surface area (Å²) in [5.41, 5.74) is 4.00. The molecule has 234 valence electrons. The number of hydrogen-bond donors (Lipinski definition) is 3. The number of carbonyl (C=O) groups excluding carboxylic acids is 3. The summed E-state index contributed by atoms with van der Waals surface area (Å²) < 4.78 is 11.7. The molecule has 1 atom stereocenters. The Labute approximate surface area is 264 Å². The molecule has 45 heavy (non-hydrogen) atoms. The third-order valence-electron chi connectivity index (χ3n) is 7.25. The lowest BCUT2D eigenvalue weighted by molar-refractivity contribution is -0.139. The fourth-order valence-electron chi connectivity index (χ4n) is 5.07. The molecule has 14 heteroatoms. The van der Waals surface area contributed by atoms with Crippen LogP contribution in [-0.2, 0) is 25.5 Å². The second kappa shape index (κ2) is 14.6. The summed E-state index contributed by atoms with van der Waals surface area (Å²) in [6, 6.07) is 10.2. The van der Waals surface area contributed by atoms with E-state index < -0.39 is 12.0 Å². The zero-order valence-electron chi connectivity index (χ0n) is 24.9. The molecule has 2 aromatic carbocycles. The fraction of sp³-hybridized carbons (Fsp3) is 0.323. The number of methoxy groups -OCH3 is 1. The van der Waals surface area contributed by atoms with Crippen LogP contribution in [0.1, 0.15) is 66.1 Å². The van der Waals surface area contributed by atoms with E-state index in [0.29, 0.717) is 46.3 Å². The number of amides is 1. The first-order valence-electron chi connectivity index (χ1n) is 14.6. The van der Waals surface area contributed by atoms with Crippen LogP contribution >= 0.6 is 11.6 Å². The average Bonchev–Trinajstić information content (AvgIpc) is 3.72. The normalized spacial score (nSPS) is 14.9. The van der Waals surface area contributed by atoms with Gasteiger partial charge in [-0.15, -0.1) is 5.10 Å². The summed E-state index contributed by atoms with van der Waals surface area (Å²) in [6.07, 6.45) is 7.76. The quantitative estimate of drug-likeness (QED) is 0.186. The number of fused-ring (bicyclic) bond motifs is 4. The Morgan fingerprint density at radius 2 is 2.02 bits per heavy atom. The van der Waals surface area contributed by atoms with Gasteiger partial charge >= 0.3 is 11.9 Å². The first-order valence-corrected chi connectivity index (χ1v) is 15.0. The van der Waals surface area contributed by atoms with E-state index in [0.717, 1.165) is 30.5 Å². The van der Waals surface area contributed by atoms with Crippen LogP contribution in [0.15, 0.2) is 48.8 Å². The molecule has 0 unspecified atom stereocenters. The van der Waals surface area contributed by atoms with Gasteiger partial charge < -0.3 is 25.1 Å². The largest absolute Gasteiger partial charge is 0.469 e. The Bertz CT molecular complexity index is 1700. The predicted octanol–water partition coefficient (Wildman–Crippen LogP) is 4.45. The van der Waals surface area contributed by atoms with Crippen LogP contribution in [0.25, 0.3) is 23.0 Å². The summed E-state index contributed by atoms with van der Waals surface area (Å²) in [5.74, 6) is -0.851. The zero-order chi connectivity index (χ0) is 31.8. The van der Waals surface area contributed by atoms with Gasteiger partial charge in [0.05, 0.1) is 31.9 Å². The van der Waals surface area contributed by atoms with Crippen LogP contribution in [0, 0.1) is 0 Å². The van der Waals surface area contributed by atoms with Gasteiger partial charge in [0.1, 0.15) is 17.8 Å². The number of anilines is 1. The standard InChI is InChI=1S/C31H33ClN8O5/c1-3-45-31(43)29-28-22-11-8-19(16-27(42)44-2)15-24(22)33-14-6-4-5-7-23(30(36-28)37-29)35-26(41)13-9-20-17-21(32)10-12-25(20)40-18-34-38-39-40/h8-13,15,17-18,23,33H,3-7,14,16H2,1-2H3,(H,35,41)(H,36,37)/b13-9+/t23-/m0/s1. The van der Waals surface area contributed by atoms with E-state index in [4.69, 9.17) is 26.1 Å². The Balaban J connectivity index is 1.48. The molecule has 1 aliphatic heterocycles. The maximum atomic E-state index is 13.3. The number of rotatable bonds is 8. The number of H-pyrrole nitrogens is 1. The van der Waals surface area contributed by atoms with Crippen molar-refractivity contribution in [2.75, 3.05) is 25.6 Å². The lowest BCUT2D eigenvalue weighted by Crippen LogP contribution is -2.28. The molecule has 13 nitrogen and oxygen atoms in total. The first-order chi connectivity index (χ1) is 21.9. The van der Waals surface area contributed by atoms with Crippen molar-refractivity contribution in [1.82, 2.24) is 35.5 Å². The summed E-state index contributed by atoms with van der Waals surface area (Å²) in [4.78, 5) is 46.3. The van der Waals surface area contributed by atoms with Crippen molar-refractivity contribution < 1.29 is 23.9 Å². The highest BCUT2D eigenvalue weighted by Crippen LogP contribution is 2.33. The maximum absolute atomic E-state index is 13.3. The Kier molecular flexibility index (Phi) is 10.2. The topological polar surface area (TPSA) is 166 Å². The number of benzene rings is 2. The molecule has 0 fully saturated rings. The number of hydrogen-bond acceptors (Lipinski definition) is 10. The Hall–Kier alpha value is -5.04. The van der Waals surface area contributed by atoms with Crippen molar-refractivity contribution in [2.24, 2.45) is 0 Å². The fourth-order valence-corrected chi connectivity index (χ4v) is 5.25. The van der Waals surface area contributed by atoms with Crippen LogP contribution in [0.5, 0.6) is 0 Å². The average molecular weight is 633 g/mol. The summed E-state index contributed by atoms with van der Waals surface area (Å²) in [6.45, 7) is 2.58. The van der Waals surface area contributed by atoms with Gasteiger partial charge in [-0.3, -0.25) is 9.59 Å². The number of halogens is 1. The zero-order valence-corrected chi connectivity index (χ0v) is 25.6. The number of ether oxygens (including phenoxy) is 2. The lowest BCUT2D eigenvalue weighted by Gasteiger charge is -2.17. The number of nitrogens with zero attached hydrogens (tertiary/aromatic N) is 5. The smallest absolute Gasteiger partial charge is 0.357 e. The molecule has 1 amide bonds. The molecular weight excluding hydrogens is 600 g/mol. The van der Waals surface area contributed by atoms with Crippen molar-refractivity contribution in [2.45, 2.75) is 45.1 Å². The molecule has 0 saturated heterocycles. The van der Waals surface area contributed by atoms with Gasteiger partial charge in [-0.05, 0) is 66.1 Å². The number of aromatic nitrogens is 6. The summed E-state index contributed by atoms with van der Waals surface area (Å²) in [5, 5.41) is 18.3. The van der Waals surface area contributed by atoms with E-state index >= 15 is 0 Å². The van der Waals surface area contributed by atoms with E-state index in [1.54, 1.807) is 37.3 Å². The maximum Gasteiger partial charge on any atom is 0.357 e. The summed E-state index contributed by atoms with van der Waals surface area (Å²) in [7, 11) is 1.35. The minimum absolute atomic E-state index is 0.107. The number of aromatic amines is 1. The number of carbonyl (C=O) groups is 3. The lowest BCUT2D eigenvalue weighted by atomic mass is 10.0. The van der Waals surface area contributed by atoms with E-state index in [1.165, 1.54) is 24.2 Å². The molecule has 3 heterocycles. The van der Waals surface area contributed by atoms with Gasteiger partial charge in [-0.2, -0.15) is 4.68 Å². The van der Waals surface area contributed by atoms with Crippen molar-refractivity contribution in [3.8, 4) is 16.9 Å². The first kappa shape index (κ1) is 31.4. The molecule has 0 spiro atoms. The predicted molar refractivity (Wildman–Crippen MR) is 167 cm³/mol. The monoisotopic (exact) mass is 632 g/mol. The van der Waals surface area contributed by atoms with E-state index in [1.807, 2.05) is 12.1 Å². The van der Waals surface area contributed by atoms with E-state index in [-0.39, 0.29) is 30.6 Å². The van der Waals surface area contributed by atoms with Gasteiger partial charge in [0, 0.05) is 34.5 Å². The van der Waals surface area contributed by atoms with Crippen LogP contribution < -0.4 is 10.6 Å². The SMILES string of the molecule is CCOC(=O)c1[nH]c2nc1-c1ccc(CC(=O)OC)cc1NCCCCC[C@@H]2NC(=O)/C=C/c1cc(Cl)ccc1-n1cnnn1. The van der Waals surface area contributed by atoms with Crippen molar-refractivity contribution >= 4 is 41.2 Å². The highest BCUT2D eigenvalue weighted by molar-refractivity contribution is 6.30. The minimum Gasteiger partial charge on any atom is -0.469 e. The van der Waals surface area contributed by atoms with Gasteiger partial charge in [0.15, 0.2) is 5.69 Å². The van der Waals surface area contributed by atoms with Crippen LogP contribution in [0.4, 0.5) is 5.69 Å².